The highest BCUT2D eigenvalue weighted by Gasteiger charge is 2.19. The lowest BCUT2D eigenvalue weighted by Crippen LogP contribution is -2.07. The van der Waals surface area contributed by atoms with E-state index >= 15 is 0 Å². The van der Waals surface area contributed by atoms with Crippen LogP contribution in [-0.4, -0.2) is 21.1 Å². The molecule has 0 aliphatic carbocycles. The van der Waals surface area contributed by atoms with Gasteiger partial charge in [0.1, 0.15) is 5.01 Å². The van der Waals surface area contributed by atoms with Crippen molar-refractivity contribution in [3.63, 3.8) is 0 Å². The van der Waals surface area contributed by atoms with E-state index in [-0.39, 0.29) is 0 Å². The number of fused-ring (bicyclic) bond motifs is 4. The highest BCUT2D eigenvalue weighted by Crippen LogP contribution is 2.37. The fourth-order valence-corrected chi connectivity index (χ4v) is 8.29. The first kappa shape index (κ1) is 31.8. The molecule has 0 unspecified atom stereocenters. The van der Waals surface area contributed by atoms with Crippen LogP contribution in [0.2, 0.25) is 0 Å². The number of nitrogens with zero attached hydrogens (tertiary/aromatic N) is 4. The maximum absolute atomic E-state index is 5.27. The van der Waals surface area contributed by atoms with Crippen LogP contribution in [0.25, 0.3) is 65.1 Å². The number of thiazole rings is 1. The number of para-hydroxylation sites is 2. The summed E-state index contributed by atoms with van der Waals surface area (Å²) in [5.41, 5.74) is 13.1. The van der Waals surface area contributed by atoms with Crippen LogP contribution in [0.3, 0.4) is 0 Å². The van der Waals surface area contributed by atoms with Gasteiger partial charge < -0.3 is 4.57 Å². The molecule has 1 aliphatic heterocycles. The second-order valence-electron chi connectivity index (χ2n) is 13.4. The molecule has 0 spiro atoms. The van der Waals surface area contributed by atoms with Crippen molar-refractivity contribution in [2.24, 2.45) is 9.98 Å². The molecule has 254 valence electrons. The highest BCUT2D eigenvalue weighted by molar-refractivity contribution is 7.21. The van der Waals surface area contributed by atoms with Crippen LogP contribution in [0.15, 0.2) is 204 Å². The molecule has 0 N–H and O–H groups in total. The number of hydrogen-bond acceptors (Lipinski definition) is 4. The molecule has 2 aromatic heterocycles. The summed E-state index contributed by atoms with van der Waals surface area (Å²) in [5, 5.41) is 3.44. The maximum Gasteiger partial charge on any atom is 0.160 e. The van der Waals surface area contributed by atoms with Gasteiger partial charge in [-0.15, -0.1) is 11.3 Å². The van der Waals surface area contributed by atoms with E-state index in [4.69, 9.17) is 15.0 Å². The van der Waals surface area contributed by atoms with Gasteiger partial charge in [0.05, 0.1) is 32.7 Å². The van der Waals surface area contributed by atoms with E-state index in [2.05, 4.69) is 157 Å². The minimum Gasteiger partial charge on any atom is -0.309 e. The number of aliphatic imine (C=N–C) groups is 2. The first-order valence-corrected chi connectivity index (χ1v) is 18.8. The smallest absolute Gasteiger partial charge is 0.160 e. The molecule has 0 bridgehead atoms. The fraction of sp³-hybridized carbons (Fsp3) is 0. The number of hydrogen-bond donors (Lipinski definition) is 0. The van der Waals surface area contributed by atoms with Gasteiger partial charge in [-0.25, -0.2) is 15.0 Å². The van der Waals surface area contributed by atoms with Crippen molar-refractivity contribution in [3.8, 4) is 27.4 Å². The van der Waals surface area contributed by atoms with Gasteiger partial charge in [0.25, 0.3) is 0 Å². The third-order valence-electron chi connectivity index (χ3n) is 9.97. The molecule has 0 amide bonds. The summed E-state index contributed by atoms with van der Waals surface area (Å²) in [6.07, 6.45) is 2.05. The zero-order chi connectivity index (χ0) is 36.0. The van der Waals surface area contributed by atoms with Gasteiger partial charge in [0.2, 0.25) is 0 Å². The Labute approximate surface area is 317 Å². The topological polar surface area (TPSA) is 42.5 Å². The Bertz CT molecular complexity index is 2950. The Morgan fingerprint density at radius 1 is 0.481 bits per heavy atom. The summed E-state index contributed by atoms with van der Waals surface area (Å²) >= 11 is 1.73. The van der Waals surface area contributed by atoms with Gasteiger partial charge in [-0.05, 0) is 65.2 Å². The first-order valence-electron chi connectivity index (χ1n) is 18.0. The summed E-state index contributed by atoms with van der Waals surface area (Å²) in [7, 11) is 0. The molecule has 5 heteroatoms. The molecule has 1 aliphatic rings. The number of allylic oxidation sites excluding steroid dienone is 2. The lowest BCUT2D eigenvalue weighted by atomic mass is 10.0. The van der Waals surface area contributed by atoms with Crippen LogP contribution < -0.4 is 0 Å². The SMILES string of the molecule is C=C1C=C(c2ccccc2)N=C(c2cccc(-c3ccccc3)c2)N=C1c1ccc(-n2c3ccccc3c3ccc(-c4nc5ccccc5s4)cc32)cc1. The molecular formula is C49H32N4S. The number of benzene rings is 7. The van der Waals surface area contributed by atoms with Gasteiger partial charge in [0.15, 0.2) is 5.84 Å². The lowest BCUT2D eigenvalue weighted by molar-refractivity contribution is 1.18. The molecule has 0 radical (unpaired) electrons. The van der Waals surface area contributed by atoms with E-state index in [0.717, 1.165) is 77.6 Å². The molecule has 3 heterocycles. The van der Waals surface area contributed by atoms with Crippen LogP contribution in [0.5, 0.6) is 0 Å². The zero-order valence-electron chi connectivity index (χ0n) is 29.2. The number of amidine groups is 1. The van der Waals surface area contributed by atoms with Crippen molar-refractivity contribution in [2.45, 2.75) is 0 Å². The molecule has 9 aromatic rings. The number of aromatic nitrogens is 2. The van der Waals surface area contributed by atoms with Crippen LogP contribution >= 0.6 is 11.3 Å². The van der Waals surface area contributed by atoms with E-state index in [1.807, 2.05) is 36.4 Å². The second-order valence-corrected chi connectivity index (χ2v) is 14.4. The summed E-state index contributed by atoms with van der Waals surface area (Å²) < 4.78 is 3.54. The normalized spacial score (nSPS) is 13.2. The summed E-state index contributed by atoms with van der Waals surface area (Å²) in [6.45, 7) is 4.52. The summed E-state index contributed by atoms with van der Waals surface area (Å²) in [4.78, 5) is 15.4. The molecule has 54 heavy (non-hydrogen) atoms. The Hall–Kier alpha value is -6.95. The van der Waals surface area contributed by atoms with Gasteiger partial charge in [-0.3, -0.25) is 0 Å². The van der Waals surface area contributed by atoms with E-state index in [1.165, 1.54) is 15.5 Å². The van der Waals surface area contributed by atoms with Crippen LogP contribution in [0.4, 0.5) is 0 Å². The van der Waals surface area contributed by atoms with E-state index < -0.39 is 0 Å². The Balaban J connectivity index is 1.08. The van der Waals surface area contributed by atoms with E-state index in [0.29, 0.717) is 5.84 Å². The van der Waals surface area contributed by atoms with Gasteiger partial charge in [-0.1, -0.05) is 140 Å². The van der Waals surface area contributed by atoms with Crippen molar-refractivity contribution in [3.05, 3.63) is 211 Å². The second kappa shape index (κ2) is 13.2. The van der Waals surface area contributed by atoms with Crippen molar-refractivity contribution in [1.82, 2.24) is 9.55 Å². The summed E-state index contributed by atoms with van der Waals surface area (Å²) in [5.74, 6) is 0.644. The fourth-order valence-electron chi connectivity index (χ4n) is 7.33. The number of rotatable bonds is 6. The standard InChI is InChI=1S/C49H32N4S/c1-32-29-43(34-15-6-3-7-16-34)50-48(37-18-12-17-36(30-37)33-13-4-2-5-14-33)52-47(32)35-23-26-39(27-24-35)53-44-21-10-8-19-40(44)41-28-25-38(31-45(41)53)49-51-42-20-9-11-22-46(42)54-49/h2-31H,1H2. The third-order valence-corrected chi connectivity index (χ3v) is 11.1. The average Bonchev–Trinajstić information content (AvgIpc) is 3.76. The predicted octanol–water partition coefficient (Wildman–Crippen LogP) is 12.6. The van der Waals surface area contributed by atoms with E-state index in [9.17, 15) is 0 Å². The molecule has 0 saturated carbocycles. The Morgan fingerprint density at radius 2 is 1.15 bits per heavy atom. The van der Waals surface area contributed by atoms with Crippen LogP contribution in [0.1, 0.15) is 16.7 Å². The van der Waals surface area contributed by atoms with Crippen molar-refractivity contribution < 1.29 is 0 Å². The molecule has 0 fully saturated rings. The van der Waals surface area contributed by atoms with Crippen molar-refractivity contribution >= 4 is 60.6 Å². The average molecular weight is 709 g/mol. The maximum atomic E-state index is 5.27. The van der Waals surface area contributed by atoms with Gasteiger partial charge >= 0.3 is 0 Å². The molecular weight excluding hydrogens is 677 g/mol. The van der Waals surface area contributed by atoms with Crippen LogP contribution in [-0.2, 0) is 0 Å². The largest absolute Gasteiger partial charge is 0.309 e. The van der Waals surface area contributed by atoms with E-state index in [1.54, 1.807) is 11.3 Å². The minimum atomic E-state index is 0.644. The Kier molecular flexibility index (Phi) is 7.78. The summed E-state index contributed by atoms with van der Waals surface area (Å²) in [6, 6.07) is 61.4. The van der Waals surface area contributed by atoms with Crippen LogP contribution in [0, 0.1) is 0 Å². The zero-order valence-corrected chi connectivity index (χ0v) is 30.0. The third kappa shape index (κ3) is 5.68. The van der Waals surface area contributed by atoms with Gasteiger partial charge in [0, 0.05) is 38.7 Å². The highest BCUT2D eigenvalue weighted by atomic mass is 32.1. The van der Waals surface area contributed by atoms with Crippen molar-refractivity contribution in [2.75, 3.05) is 0 Å². The molecule has 7 aromatic carbocycles. The minimum absolute atomic E-state index is 0.644. The molecule has 0 saturated heterocycles. The predicted molar refractivity (Wildman–Crippen MR) is 228 cm³/mol. The lowest BCUT2D eigenvalue weighted by Gasteiger charge is -2.11. The first-order chi connectivity index (χ1) is 26.7. The molecule has 4 nitrogen and oxygen atoms in total. The molecule has 10 rings (SSSR count). The molecule has 0 atom stereocenters. The quantitative estimate of drug-likeness (QED) is 0.170. The monoisotopic (exact) mass is 708 g/mol. The Morgan fingerprint density at radius 3 is 1.96 bits per heavy atom. The van der Waals surface area contributed by atoms with Crippen molar-refractivity contribution in [1.29, 1.82) is 0 Å². The van der Waals surface area contributed by atoms with Gasteiger partial charge in [-0.2, -0.15) is 0 Å².